The normalized spacial score (nSPS) is 29.1. The fraction of sp³-hybridized carbons (Fsp3) is 0.844. The highest BCUT2D eigenvalue weighted by molar-refractivity contribution is 5.96. The van der Waals surface area contributed by atoms with Gasteiger partial charge in [-0.1, -0.05) is 65.7 Å². The molecule has 1 aliphatic carbocycles. The Labute approximate surface area is 268 Å². The van der Waals surface area contributed by atoms with Crippen molar-refractivity contribution < 1.29 is 29.1 Å². The molecule has 2 aliphatic rings. The monoisotopic (exact) mass is 637 g/mol. The van der Waals surface area contributed by atoms with Crippen molar-refractivity contribution in [3.05, 3.63) is 0 Å². The van der Waals surface area contributed by atoms with E-state index >= 15 is 0 Å². The second-order valence-electron chi connectivity index (χ2n) is 12.7. The van der Waals surface area contributed by atoms with E-state index in [9.17, 15) is 29.1 Å². The van der Waals surface area contributed by atoms with Gasteiger partial charge < -0.3 is 37.4 Å². The van der Waals surface area contributed by atoms with Gasteiger partial charge >= 0.3 is 0 Å². The van der Waals surface area contributed by atoms with Crippen LogP contribution in [0.5, 0.6) is 0 Å². The van der Waals surface area contributed by atoms with Crippen LogP contribution in [0.4, 0.5) is 0 Å². The molecule has 0 aromatic rings. The Balaban J connectivity index is 2.53. The first-order chi connectivity index (χ1) is 21.6. The van der Waals surface area contributed by atoms with Crippen molar-refractivity contribution in [2.45, 2.75) is 141 Å². The quantitative estimate of drug-likeness (QED) is 0.169. The first kappa shape index (κ1) is 38.4. The van der Waals surface area contributed by atoms with Gasteiger partial charge in [-0.3, -0.25) is 28.9 Å². The minimum atomic E-state index is -1.27. The van der Waals surface area contributed by atoms with E-state index in [0.29, 0.717) is 32.4 Å². The first-order valence-electron chi connectivity index (χ1n) is 17.2. The predicted molar refractivity (Wildman–Crippen MR) is 173 cm³/mol. The van der Waals surface area contributed by atoms with Crippen molar-refractivity contribution >= 4 is 29.5 Å². The molecule has 13 nitrogen and oxygen atoms in total. The van der Waals surface area contributed by atoms with E-state index in [2.05, 4.69) is 45.3 Å². The zero-order valence-corrected chi connectivity index (χ0v) is 27.9. The molecule has 45 heavy (non-hydrogen) atoms. The number of nitrogens with zero attached hydrogens (tertiary/aromatic N) is 1. The van der Waals surface area contributed by atoms with Crippen LogP contribution in [0.3, 0.4) is 0 Å². The molecule has 0 aromatic heterocycles. The molecule has 0 spiro atoms. The summed E-state index contributed by atoms with van der Waals surface area (Å²) in [5, 5.41) is 24.0. The fourth-order valence-electron chi connectivity index (χ4n) is 6.26. The van der Waals surface area contributed by atoms with E-state index in [1.54, 1.807) is 0 Å². The molecule has 1 saturated heterocycles. The Hall–Kier alpha value is -2.77. The molecule has 258 valence electrons. The highest BCUT2D eigenvalue weighted by atomic mass is 16.3. The number of nitrogens with two attached hydrogens (primary N) is 1. The van der Waals surface area contributed by atoms with Crippen LogP contribution < -0.4 is 32.3 Å². The lowest BCUT2D eigenvalue weighted by Crippen LogP contribution is -2.63. The van der Waals surface area contributed by atoms with Crippen molar-refractivity contribution in [2.75, 3.05) is 26.2 Å². The Morgan fingerprint density at radius 1 is 0.711 bits per heavy atom. The van der Waals surface area contributed by atoms with Crippen LogP contribution in [0, 0.1) is 5.92 Å². The molecule has 0 radical (unpaired) electrons. The van der Waals surface area contributed by atoms with Gasteiger partial charge in [0.1, 0.15) is 24.2 Å². The van der Waals surface area contributed by atoms with Crippen molar-refractivity contribution in [1.29, 1.82) is 0 Å². The maximum atomic E-state index is 14.0. The Morgan fingerprint density at radius 3 is 1.91 bits per heavy atom. The summed E-state index contributed by atoms with van der Waals surface area (Å²) in [5.74, 6) is -2.66. The van der Waals surface area contributed by atoms with Crippen molar-refractivity contribution in [2.24, 2.45) is 11.7 Å². The average Bonchev–Trinajstić information content (AvgIpc) is 3.02. The van der Waals surface area contributed by atoms with Crippen molar-refractivity contribution in [1.82, 2.24) is 31.5 Å². The van der Waals surface area contributed by atoms with E-state index in [0.717, 1.165) is 57.8 Å². The van der Waals surface area contributed by atoms with Gasteiger partial charge in [0.2, 0.25) is 29.5 Å². The molecular formula is C32H59N7O6. The van der Waals surface area contributed by atoms with Crippen LogP contribution in [0.15, 0.2) is 0 Å². The molecule has 0 unspecified atom stereocenters. The number of aliphatic hydroxyl groups excluding tert-OH is 1. The SMILES string of the molecule is CCCC[C@H]1C(=O)N[C@@H](CCC)C(=O)N[C@@H](C2CCCCC2)C(=O)N[C@@H](CN)C(=O)N[C@@H](CO)C(=O)N[C@H](C)CN1CCCC. The molecule has 2 rings (SSSR count). The number of carbonyl (C=O) groups excluding carboxylic acids is 5. The molecule has 2 fully saturated rings. The van der Waals surface area contributed by atoms with Crippen molar-refractivity contribution in [3.63, 3.8) is 0 Å². The molecule has 8 N–H and O–H groups in total. The number of rotatable bonds is 11. The third-order valence-electron chi connectivity index (χ3n) is 8.87. The number of unbranched alkanes of at least 4 members (excludes halogenated alkanes) is 2. The third-order valence-corrected chi connectivity index (χ3v) is 8.87. The minimum Gasteiger partial charge on any atom is -0.394 e. The predicted octanol–water partition coefficient (Wildman–Crippen LogP) is 0.436. The molecule has 13 heteroatoms. The van der Waals surface area contributed by atoms with Gasteiger partial charge in [-0.05, 0) is 51.5 Å². The Morgan fingerprint density at radius 2 is 1.31 bits per heavy atom. The minimum absolute atomic E-state index is 0.146. The van der Waals surface area contributed by atoms with E-state index in [4.69, 9.17) is 5.73 Å². The standard InChI is InChI=1S/C32H59N7O6/c1-5-8-16-26-31(44)35-23(13-7-3)28(41)38-27(22-14-11-10-12-15-22)32(45)36-24(18-33)29(42)37-25(20-40)30(43)34-21(4)19-39(26)17-9-6-2/h21-27,40H,5-20,33H2,1-4H3,(H,34,43)(H,35,44)(H,36,45)(H,37,42)(H,38,41)/t21-,23+,24+,25+,26+,27+/m1/s1. The summed E-state index contributed by atoms with van der Waals surface area (Å²) in [6, 6.07) is -5.17. The van der Waals surface area contributed by atoms with Crippen molar-refractivity contribution in [3.8, 4) is 0 Å². The summed E-state index contributed by atoms with van der Waals surface area (Å²) < 4.78 is 0. The van der Waals surface area contributed by atoms with Crippen LogP contribution in [0.2, 0.25) is 0 Å². The summed E-state index contributed by atoms with van der Waals surface area (Å²) in [5.41, 5.74) is 5.87. The van der Waals surface area contributed by atoms with Crippen LogP contribution in [-0.4, -0.2) is 102 Å². The van der Waals surface area contributed by atoms with Gasteiger partial charge in [0.25, 0.3) is 0 Å². The van der Waals surface area contributed by atoms with Gasteiger partial charge in [0.05, 0.1) is 12.6 Å². The second kappa shape index (κ2) is 20.4. The molecular weight excluding hydrogens is 578 g/mol. The molecule has 6 atom stereocenters. The average molecular weight is 638 g/mol. The van der Waals surface area contributed by atoms with E-state index in [1.807, 2.05) is 13.8 Å². The molecule has 5 amide bonds. The number of amides is 5. The Kier molecular flexibility index (Phi) is 17.4. The summed E-state index contributed by atoms with van der Waals surface area (Å²) in [4.78, 5) is 69.8. The largest absolute Gasteiger partial charge is 0.394 e. The summed E-state index contributed by atoms with van der Waals surface area (Å²) in [7, 11) is 0. The van der Waals surface area contributed by atoms with Gasteiger partial charge in [0, 0.05) is 19.1 Å². The van der Waals surface area contributed by atoms with Crippen LogP contribution >= 0.6 is 0 Å². The molecule has 1 saturated carbocycles. The summed E-state index contributed by atoms with van der Waals surface area (Å²) in [6.45, 7) is 7.93. The lowest BCUT2D eigenvalue weighted by Gasteiger charge is -2.35. The van der Waals surface area contributed by atoms with Gasteiger partial charge in [-0.25, -0.2) is 0 Å². The third kappa shape index (κ3) is 12.2. The maximum Gasteiger partial charge on any atom is 0.245 e. The van der Waals surface area contributed by atoms with E-state index < -0.39 is 66.5 Å². The van der Waals surface area contributed by atoms with Crippen LogP contribution in [0.1, 0.15) is 105 Å². The highest BCUT2D eigenvalue weighted by Gasteiger charge is 2.37. The number of aliphatic hydroxyl groups is 1. The number of hydrogen-bond acceptors (Lipinski definition) is 8. The number of carbonyl (C=O) groups is 5. The smallest absolute Gasteiger partial charge is 0.245 e. The van der Waals surface area contributed by atoms with E-state index in [1.165, 1.54) is 0 Å². The zero-order chi connectivity index (χ0) is 33.4. The van der Waals surface area contributed by atoms with Gasteiger partial charge in [-0.15, -0.1) is 0 Å². The topological polar surface area (TPSA) is 195 Å². The zero-order valence-electron chi connectivity index (χ0n) is 27.9. The van der Waals surface area contributed by atoms with Gasteiger partial charge in [-0.2, -0.15) is 0 Å². The van der Waals surface area contributed by atoms with Crippen LogP contribution in [0.25, 0.3) is 0 Å². The van der Waals surface area contributed by atoms with Gasteiger partial charge in [0.15, 0.2) is 0 Å². The molecule has 0 bridgehead atoms. The molecule has 1 heterocycles. The highest BCUT2D eigenvalue weighted by Crippen LogP contribution is 2.27. The summed E-state index contributed by atoms with van der Waals surface area (Å²) >= 11 is 0. The Bertz CT molecular complexity index is 960. The summed E-state index contributed by atoms with van der Waals surface area (Å²) in [6.07, 6.45) is 9.39. The number of nitrogens with one attached hydrogen (secondary N) is 5. The lowest BCUT2D eigenvalue weighted by atomic mass is 9.83. The number of hydrogen-bond donors (Lipinski definition) is 7. The first-order valence-corrected chi connectivity index (χ1v) is 17.2. The fourth-order valence-corrected chi connectivity index (χ4v) is 6.26. The second-order valence-corrected chi connectivity index (χ2v) is 12.7. The van der Waals surface area contributed by atoms with E-state index in [-0.39, 0.29) is 18.4 Å². The molecule has 1 aliphatic heterocycles. The molecule has 0 aromatic carbocycles. The maximum absolute atomic E-state index is 14.0. The van der Waals surface area contributed by atoms with Crippen LogP contribution in [-0.2, 0) is 24.0 Å². The lowest BCUT2D eigenvalue weighted by molar-refractivity contribution is -0.137.